The lowest BCUT2D eigenvalue weighted by molar-refractivity contribution is -0.132. The van der Waals surface area contributed by atoms with Gasteiger partial charge in [0.05, 0.1) is 12.3 Å². The van der Waals surface area contributed by atoms with E-state index < -0.39 is 34.9 Å². The van der Waals surface area contributed by atoms with Crippen LogP contribution < -0.4 is 5.32 Å². The Morgan fingerprint density at radius 3 is 2.46 bits per heavy atom. The Morgan fingerprint density at radius 1 is 1.16 bits per heavy atom. The smallest absolute Gasteiger partial charge is 0.331 e. The zero-order valence-corrected chi connectivity index (χ0v) is 21.6. The van der Waals surface area contributed by atoms with Crippen molar-refractivity contribution in [1.29, 1.82) is 0 Å². The van der Waals surface area contributed by atoms with Gasteiger partial charge in [-0.15, -0.1) is 11.3 Å². The number of hydrogen-bond donors (Lipinski definition) is 2. The van der Waals surface area contributed by atoms with Crippen molar-refractivity contribution in [1.82, 2.24) is 4.98 Å². The molecule has 0 spiro atoms. The average molecular weight is 533 g/mol. The maximum Gasteiger partial charge on any atom is 0.331 e. The van der Waals surface area contributed by atoms with E-state index in [2.05, 4.69) is 31.1 Å². The fourth-order valence-corrected chi connectivity index (χ4v) is 3.91. The summed E-state index contributed by atoms with van der Waals surface area (Å²) in [6, 6.07) is 6.48. The molecule has 6 nitrogen and oxygen atoms in total. The van der Waals surface area contributed by atoms with Gasteiger partial charge in [0, 0.05) is 39.8 Å². The van der Waals surface area contributed by atoms with Crippen LogP contribution in [0.15, 0.2) is 41.3 Å². The summed E-state index contributed by atoms with van der Waals surface area (Å²) in [5, 5.41) is 13.0. The molecule has 3 rings (SSSR count). The minimum atomic E-state index is -1.32. The molecule has 0 saturated heterocycles. The number of halogens is 3. The van der Waals surface area contributed by atoms with Gasteiger partial charge in [0.1, 0.15) is 17.5 Å². The van der Waals surface area contributed by atoms with E-state index in [1.165, 1.54) is 6.92 Å². The Hall–Kier alpha value is -3.50. The molecule has 0 aliphatic rings. The van der Waals surface area contributed by atoms with Crippen LogP contribution >= 0.6 is 11.3 Å². The molecule has 2 aromatic carbocycles. The predicted molar refractivity (Wildman–Crippen MR) is 137 cm³/mol. The van der Waals surface area contributed by atoms with E-state index in [4.69, 9.17) is 9.84 Å². The summed E-state index contributed by atoms with van der Waals surface area (Å²) in [6.07, 6.45) is 1.68. The Bertz CT molecular complexity index is 1320. The first kappa shape index (κ1) is 28.1. The van der Waals surface area contributed by atoms with Crippen LogP contribution in [0.1, 0.15) is 55.6 Å². The highest BCUT2D eigenvalue weighted by Gasteiger charge is 2.18. The number of amides is 1. The number of hydrogen-bond acceptors (Lipinski definition) is 5. The van der Waals surface area contributed by atoms with Crippen LogP contribution in [0.25, 0.3) is 17.3 Å². The molecule has 2 N–H and O–H groups in total. The number of benzene rings is 2. The number of nitrogens with one attached hydrogen (secondary N) is 1. The summed E-state index contributed by atoms with van der Waals surface area (Å²) in [7, 11) is 0. The molecule has 3 aromatic rings. The third-order valence-electron chi connectivity index (χ3n) is 5.37. The first-order chi connectivity index (χ1) is 17.4. The summed E-state index contributed by atoms with van der Waals surface area (Å²) in [4.78, 5) is 27.7. The summed E-state index contributed by atoms with van der Waals surface area (Å²) in [5.41, 5.74) is -0.144. The van der Waals surface area contributed by atoms with Crippen LogP contribution in [0.5, 0.6) is 0 Å². The van der Waals surface area contributed by atoms with Crippen LogP contribution in [-0.2, 0) is 16.1 Å². The van der Waals surface area contributed by atoms with Crippen LogP contribution in [-0.4, -0.2) is 28.6 Å². The highest BCUT2D eigenvalue weighted by molar-refractivity contribution is 7.14. The van der Waals surface area contributed by atoms with Gasteiger partial charge in [0.25, 0.3) is 5.91 Å². The van der Waals surface area contributed by atoms with Crippen molar-refractivity contribution in [3.8, 4) is 11.3 Å². The third-order valence-corrected chi connectivity index (χ3v) is 6.13. The van der Waals surface area contributed by atoms with E-state index in [0.717, 1.165) is 36.0 Å². The van der Waals surface area contributed by atoms with E-state index in [9.17, 15) is 18.4 Å². The van der Waals surface area contributed by atoms with E-state index in [-0.39, 0.29) is 39.5 Å². The highest BCUT2D eigenvalue weighted by atomic mass is 32.1. The topological polar surface area (TPSA) is 88.5 Å². The van der Waals surface area contributed by atoms with Crippen LogP contribution in [0.3, 0.4) is 0 Å². The Kier molecular flexibility index (Phi) is 8.88. The maximum atomic E-state index is 15.1. The molecule has 37 heavy (non-hydrogen) atoms. The molecule has 1 heterocycles. The number of carbonyl (C=O) groups excluding carboxylic acids is 1. The van der Waals surface area contributed by atoms with E-state index in [1.807, 2.05) is 0 Å². The second-order valence-electron chi connectivity index (χ2n) is 9.62. The van der Waals surface area contributed by atoms with Crippen molar-refractivity contribution in [2.75, 3.05) is 11.9 Å². The number of carbonyl (C=O) groups is 2. The number of carboxylic acids is 1. The van der Waals surface area contributed by atoms with E-state index >= 15 is 4.39 Å². The normalized spacial score (nSPS) is 12.0. The lowest BCUT2D eigenvalue weighted by Crippen LogP contribution is -2.13. The molecule has 0 atom stereocenters. The summed E-state index contributed by atoms with van der Waals surface area (Å²) in [5.74, 6) is -4.81. The number of rotatable bonds is 9. The zero-order chi connectivity index (χ0) is 27.3. The van der Waals surface area contributed by atoms with Crippen molar-refractivity contribution >= 4 is 34.4 Å². The monoisotopic (exact) mass is 532 g/mol. The van der Waals surface area contributed by atoms with E-state index in [0.29, 0.717) is 12.2 Å². The second-order valence-corrected chi connectivity index (χ2v) is 10.5. The molecule has 1 amide bonds. The lowest BCUT2D eigenvalue weighted by atomic mass is 9.93. The number of ether oxygens (including phenoxy) is 1. The van der Waals surface area contributed by atoms with Crippen LogP contribution in [0.4, 0.5) is 18.3 Å². The third kappa shape index (κ3) is 7.50. The van der Waals surface area contributed by atoms with Gasteiger partial charge in [-0.25, -0.2) is 22.9 Å². The largest absolute Gasteiger partial charge is 0.478 e. The average Bonchev–Trinajstić information content (AvgIpc) is 3.27. The Labute approximate surface area is 216 Å². The molecule has 0 unspecified atom stereocenters. The standard InChI is InChI=1S/C27H27F3N2O4S/c1-15(25(34)35)10-19-20(28)11-17(12-21(19)29)24(33)32-26-31-22(14-37-26)18-7-5-6-16(23(18)30)13-36-9-8-27(2,3)4/h5-7,10-12,14H,8-9,13H2,1-4H3,(H,34,35)(H,31,32,33)/b15-10+. The molecule has 0 fully saturated rings. The predicted octanol–water partition coefficient (Wildman–Crippen LogP) is 6.92. The zero-order valence-electron chi connectivity index (χ0n) is 20.8. The van der Waals surface area contributed by atoms with Gasteiger partial charge in [-0.05, 0) is 43.0 Å². The van der Waals surface area contributed by atoms with Crippen LogP contribution in [0, 0.1) is 22.9 Å². The second kappa shape index (κ2) is 11.7. The number of nitrogens with zero attached hydrogens (tertiary/aromatic N) is 1. The van der Waals surface area contributed by atoms with Gasteiger partial charge in [0.2, 0.25) is 0 Å². The van der Waals surface area contributed by atoms with Crippen LogP contribution in [0.2, 0.25) is 0 Å². The van der Waals surface area contributed by atoms with E-state index in [1.54, 1.807) is 23.6 Å². The SMILES string of the molecule is C/C(=C\c1c(F)cc(C(=O)Nc2nc(-c3cccc(COCCC(C)(C)C)c3F)cs2)cc1F)C(=O)O. The fraction of sp³-hybridized carbons (Fsp3) is 0.296. The molecule has 0 radical (unpaired) electrons. The molecular weight excluding hydrogens is 505 g/mol. The first-order valence-corrected chi connectivity index (χ1v) is 12.3. The summed E-state index contributed by atoms with van der Waals surface area (Å²) < 4.78 is 49.5. The minimum Gasteiger partial charge on any atom is -0.478 e. The quantitative estimate of drug-likeness (QED) is 0.231. The Morgan fingerprint density at radius 2 is 1.84 bits per heavy atom. The number of aromatic nitrogens is 1. The van der Waals surface area contributed by atoms with Gasteiger partial charge in [-0.2, -0.15) is 0 Å². The maximum absolute atomic E-state index is 15.1. The summed E-state index contributed by atoms with van der Waals surface area (Å²) in [6.45, 7) is 8.09. The van der Waals surface area contributed by atoms with Crippen molar-refractivity contribution in [3.63, 3.8) is 0 Å². The molecular formula is C27H27F3N2O4S. The minimum absolute atomic E-state index is 0.109. The number of thiazole rings is 1. The number of carboxylic acid groups (broad SMARTS) is 1. The fourth-order valence-electron chi connectivity index (χ4n) is 3.21. The van der Waals surface area contributed by atoms with Gasteiger partial charge in [0.15, 0.2) is 5.13 Å². The molecule has 0 saturated carbocycles. The van der Waals surface area contributed by atoms with Crippen molar-refractivity contribution in [2.24, 2.45) is 5.41 Å². The van der Waals surface area contributed by atoms with Gasteiger partial charge in [-0.3, -0.25) is 10.1 Å². The first-order valence-electron chi connectivity index (χ1n) is 11.4. The molecule has 10 heteroatoms. The summed E-state index contributed by atoms with van der Waals surface area (Å²) >= 11 is 1.03. The molecule has 196 valence electrons. The van der Waals surface area contributed by atoms with Crippen molar-refractivity contribution in [3.05, 3.63) is 75.4 Å². The lowest BCUT2D eigenvalue weighted by Gasteiger charge is -2.17. The van der Waals surface area contributed by atoms with Crippen molar-refractivity contribution in [2.45, 2.75) is 40.7 Å². The Balaban J connectivity index is 1.73. The van der Waals surface area contributed by atoms with Gasteiger partial charge < -0.3 is 9.84 Å². The van der Waals surface area contributed by atoms with Gasteiger partial charge >= 0.3 is 5.97 Å². The van der Waals surface area contributed by atoms with Crippen molar-refractivity contribution < 1.29 is 32.6 Å². The molecule has 0 aliphatic heterocycles. The molecule has 0 aliphatic carbocycles. The highest BCUT2D eigenvalue weighted by Crippen LogP contribution is 2.29. The molecule has 1 aromatic heterocycles. The molecule has 0 bridgehead atoms. The van der Waals surface area contributed by atoms with Gasteiger partial charge in [-0.1, -0.05) is 32.9 Å². The number of aliphatic carboxylic acids is 1. The number of anilines is 1.